The highest BCUT2D eigenvalue weighted by Crippen LogP contribution is 2.50. The highest BCUT2D eigenvalue weighted by Gasteiger charge is 2.60. The topological polar surface area (TPSA) is 29.1 Å². The summed E-state index contributed by atoms with van der Waals surface area (Å²) in [5.41, 5.74) is -1.18. The maximum absolute atomic E-state index is 13.3. The molecule has 0 heterocycles. The lowest BCUT2D eigenvalue weighted by Gasteiger charge is -2.30. The van der Waals surface area contributed by atoms with E-state index < -0.39 is 17.5 Å². The molecule has 0 radical (unpaired) electrons. The molecule has 0 saturated heterocycles. The van der Waals surface area contributed by atoms with E-state index in [1.807, 2.05) is 42.5 Å². The van der Waals surface area contributed by atoms with Crippen LogP contribution in [0.25, 0.3) is 10.8 Å². The van der Waals surface area contributed by atoms with Crippen molar-refractivity contribution in [3.8, 4) is 0 Å². The molecule has 3 rings (SSSR count). The predicted octanol–water partition coefficient (Wildman–Crippen LogP) is 4.62. The molecule has 128 valence electrons. The van der Waals surface area contributed by atoms with Gasteiger partial charge in [0.05, 0.1) is 0 Å². The minimum atomic E-state index is -4.48. The van der Waals surface area contributed by atoms with E-state index in [1.165, 1.54) is 0 Å². The van der Waals surface area contributed by atoms with E-state index in [9.17, 15) is 18.0 Å². The van der Waals surface area contributed by atoms with Crippen molar-refractivity contribution in [2.75, 3.05) is 6.54 Å². The summed E-state index contributed by atoms with van der Waals surface area (Å²) >= 11 is 0. The molecule has 5 heteroatoms. The van der Waals surface area contributed by atoms with Gasteiger partial charge in [-0.15, -0.1) is 0 Å². The van der Waals surface area contributed by atoms with Gasteiger partial charge in [0, 0.05) is 6.54 Å². The molecule has 1 aliphatic rings. The molecule has 1 aliphatic carbocycles. The Morgan fingerprint density at radius 3 is 2.38 bits per heavy atom. The molecule has 0 aliphatic heterocycles. The molecule has 1 N–H and O–H groups in total. The van der Waals surface area contributed by atoms with E-state index in [0.717, 1.165) is 16.3 Å². The third kappa shape index (κ3) is 3.12. The zero-order chi connectivity index (χ0) is 17.2. The van der Waals surface area contributed by atoms with Crippen LogP contribution in [0.2, 0.25) is 0 Å². The van der Waals surface area contributed by atoms with Crippen molar-refractivity contribution >= 4 is 16.7 Å². The van der Waals surface area contributed by atoms with Crippen LogP contribution in [0.15, 0.2) is 42.5 Å². The number of nitrogens with one attached hydrogen (secondary N) is 1. The van der Waals surface area contributed by atoms with Crippen LogP contribution in [-0.4, -0.2) is 18.6 Å². The summed E-state index contributed by atoms with van der Waals surface area (Å²) in [5.74, 6) is -0.867. The zero-order valence-corrected chi connectivity index (χ0v) is 13.3. The fourth-order valence-electron chi connectivity index (χ4n) is 3.50. The van der Waals surface area contributed by atoms with Gasteiger partial charge in [0.2, 0.25) is 5.91 Å². The first-order valence-corrected chi connectivity index (χ1v) is 8.25. The Kier molecular flexibility index (Phi) is 4.52. The summed E-state index contributed by atoms with van der Waals surface area (Å²) in [6.45, 7) is 0.217. The van der Waals surface area contributed by atoms with Gasteiger partial charge in [0.25, 0.3) is 0 Å². The molecule has 2 aromatic rings. The van der Waals surface area contributed by atoms with Gasteiger partial charge >= 0.3 is 6.18 Å². The highest BCUT2D eigenvalue weighted by atomic mass is 19.4. The predicted molar refractivity (Wildman–Crippen MR) is 87.6 cm³/mol. The number of hydrogen-bond acceptors (Lipinski definition) is 1. The van der Waals surface area contributed by atoms with E-state index >= 15 is 0 Å². The molecule has 0 bridgehead atoms. The number of halogens is 3. The number of amides is 1. The van der Waals surface area contributed by atoms with Gasteiger partial charge in [-0.05, 0) is 35.6 Å². The van der Waals surface area contributed by atoms with Crippen LogP contribution in [0.1, 0.15) is 31.2 Å². The SMILES string of the molecule is O=C(NCCc1ccc2ccccc2c1)C1(C(F)(F)F)CCCC1. The van der Waals surface area contributed by atoms with Gasteiger partial charge in [0.15, 0.2) is 0 Å². The molecule has 0 spiro atoms. The maximum atomic E-state index is 13.3. The van der Waals surface area contributed by atoms with Crippen molar-refractivity contribution in [2.45, 2.75) is 38.3 Å². The molecule has 2 nitrogen and oxygen atoms in total. The molecule has 1 fully saturated rings. The summed E-state index contributed by atoms with van der Waals surface area (Å²) in [6, 6.07) is 13.9. The first-order valence-electron chi connectivity index (χ1n) is 8.25. The number of hydrogen-bond donors (Lipinski definition) is 1. The lowest BCUT2D eigenvalue weighted by molar-refractivity contribution is -0.220. The van der Waals surface area contributed by atoms with Crippen LogP contribution in [0, 0.1) is 5.41 Å². The fourth-order valence-corrected chi connectivity index (χ4v) is 3.50. The zero-order valence-electron chi connectivity index (χ0n) is 13.3. The van der Waals surface area contributed by atoms with Crippen molar-refractivity contribution in [1.82, 2.24) is 5.32 Å². The quantitative estimate of drug-likeness (QED) is 0.868. The van der Waals surface area contributed by atoms with Gasteiger partial charge in [-0.25, -0.2) is 0 Å². The van der Waals surface area contributed by atoms with Crippen LogP contribution >= 0.6 is 0 Å². The van der Waals surface area contributed by atoms with Gasteiger partial charge in [-0.1, -0.05) is 55.3 Å². The Labute approximate surface area is 139 Å². The van der Waals surface area contributed by atoms with Crippen molar-refractivity contribution in [3.05, 3.63) is 48.0 Å². The second-order valence-electron chi connectivity index (χ2n) is 6.47. The summed E-state index contributed by atoms with van der Waals surface area (Å²) in [4.78, 5) is 12.2. The standard InChI is InChI=1S/C19H20F3NO/c20-19(21,22)18(10-3-4-11-18)17(24)23-12-9-14-7-8-15-5-1-2-6-16(15)13-14/h1-2,5-8,13H,3-4,9-12H2,(H,23,24). The van der Waals surface area contributed by atoms with Gasteiger partial charge < -0.3 is 5.32 Å². The van der Waals surface area contributed by atoms with Gasteiger partial charge in [-0.2, -0.15) is 13.2 Å². The van der Waals surface area contributed by atoms with E-state index in [2.05, 4.69) is 5.32 Å². The molecule has 0 unspecified atom stereocenters. The Hall–Kier alpha value is -2.04. The number of carbonyl (C=O) groups excluding carboxylic acids is 1. The average molecular weight is 335 g/mol. The molecule has 24 heavy (non-hydrogen) atoms. The van der Waals surface area contributed by atoms with Crippen molar-refractivity contribution in [2.24, 2.45) is 5.41 Å². The first kappa shape index (κ1) is 16.8. The largest absolute Gasteiger partial charge is 0.403 e. The second kappa shape index (κ2) is 6.46. The van der Waals surface area contributed by atoms with Crippen molar-refractivity contribution in [3.63, 3.8) is 0 Å². The third-order valence-corrected chi connectivity index (χ3v) is 4.95. The molecule has 2 aromatic carbocycles. The summed E-state index contributed by atoms with van der Waals surface area (Å²) in [5, 5.41) is 4.71. The van der Waals surface area contributed by atoms with Crippen molar-refractivity contribution in [1.29, 1.82) is 0 Å². The number of alkyl halides is 3. The minimum Gasteiger partial charge on any atom is -0.355 e. The molecule has 1 amide bonds. The lowest BCUT2D eigenvalue weighted by Crippen LogP contribution is -2.49. The minimum absolute atomic E-state index is 0.0989. The Bertz CT molecular complexity index is 733. The van der Waals surface area contributed by atoms with E-state index in [1.54, 1.807) is 0 Å². The van der Waals surface area contributed by atoms with Crippen LogP contribution in [0.5, 0.6) is 0 Å². The number of benzene rings is 2. The Morgan fingerprint density at radius 2 is 1.71 bits per heavy atom. The monoisotopic (exact) mass is 335 g/mol. The molecular formula is C19H20F3NO. The summed E-state index contributed by atoms with van der Waals surface area (Å²) in [6.07, 6.45) is -3.24. The Balaban J connectivity index is 1.63. The normalized spacial score (nSPS) is 17.1. The molecular weight excluding hydrogens is 315 g/mol. The highest BCUT2D eigenvalue weighted by molar-refractivity contribution is 5.84. The maximum Gasteiger partial charge on any atom is 0.403 e. The van der Waals surface area contributed by atoms with Gasteiger partial charge in [-0.3, -0.25) is 4.79 Å². The number of carbonyl (C=O) groups is 1. The van der Waals surface area contributed by atoms with Crippen LogP contribution in [-0.2, 0) is 11.2 Å². The smallest absolute Gasteiger partial charge is 0.355 e. The van der Waals surface area contributed by atoms with Crippen LogP contribution < -0.4 is 5.32 Å². The molecule has 1 saturated carbocycles. The number of fused-ring (bicyclic) bond motifs is 1. The van der Waals surface area contributed by atoms with Gasteiger partial charge in [0.1, 0.15) is 5.41 Å². The average Bonchev–Trinajstić information content (AvgIpc) is 3.05. The molecule has 0 atom stereocenters. The molecule has 0 aromatic heterocycles. The van der Waals surface area contributed by atoms with Crippen LogP contribution in [0.3, 0.4) is 0 Å². The van der Waals surface area contributed by atoms with E-state index in [0.29, 0.717) is 19.3 Å². The van der Waals surface area contributed by atoms with E-state index in [-0.39, 0.29) is 19.4 Å². The Morgan fingerprint density at radius 1 is 1.04 bits per heavy atom. The van der Waals surface area contributed by atoms with Crippen molar-refractivity contribution < 1.29 is 18.0 Å². The van der Waals surface area contributed by atoms with E-state index in [4.69, 9.17) is 0 Å². The first-order chi connectivity index (χ1) is 11.4. The summed E-state index contributed by atoms with van der Waals surface area (Å²) in [7, 11) is 0. The second-order valence-corrected chi connectivity index (χ2v) is 6.47. The lowest BCUT2D eigenvalue weighted by atomic mass is 9.84. The van der Waals surface area contributed by atoms with Crippen LogP contribution in [0.4, 0.5) is 13.2 Å². The summed E-state index contributed by atoms with van der Waals surface area (Å²) < 4.78 is 40.0. The third-order valence-electron chi connectivity index (χ3n) is 4.95. The fraction of sp³-hybridized carbons (Fsp3) is 0.421. The number of rotatable bonds is 4.